The third-order valence-corrected chi connectivity index (χ3v) is 14.1. The van der Waals surface area contributed by atoms with E-state index in [1.165, 1.54) is 6.07 Å². The van der Waals surface area contributed by atoms with Crippen molar-refractivity contribution in [2.45, 2.75) is 91.7 Å². The second kappa shape index (κ2) is 20.4. The van der Waals surface area contributed by atoms with Crippen LogP contribution in [0.15, 0.2) is 26.6 Å². The first-order chi connectivity index (χ1) is 25.7. The van der Waals surface area contributed by atoms with Gasteiger partial charge in [-0.2, -0.15) is 4.37 Å². The number of esters is 1. The number of carbonyl (C=O) groups is 4. The van der Waals surface area contributed by atoms with E-state index in [9.17, 15) is 36.0 Å². The van der Waals surface area contributed by atoms with Crippen molar-refractivity contribution in [1.29, 1.82) is 0 Å². The van der Waals surface area contributed by atoms with Crippen LogP contribution in [0.5, 0.6) is 5.88 Å². The number of ether oxygens (including phenoxy) is 3. The minimum atomic E-state index is -4.33. The molecule has 1 fully saturated rings. The summed E-state index contributed by atoms with van der Waals surface area (Å²) in [5.74, 6) is -2.94. The van der Waals surface area contributed by atoms with E-state index < -0.39 is 55.0 Å². The number of carboxylic acids is 2. The summed E-state index contributed by atoms with van der Waals surface area (Å²) < 4.78 is 79.2. The zero-order valence-corrected chi connectivity index (χ0v) is 34.4. The van der Waals surface area contributed by atoms with Crippen molar-refractivity contribution >= 4 is 72.6 Å². The number of nitrogens with one attached hydrogen (secondary N) is 3. The van der Waals surface area contributed by atoms with Crippen LogP contribution in [0, 0.1) is 0 Å². The van der Waals surface area contributed by atoms with Gasteiger partial charge in [0.05, 0.1) is 30.2 Å². The maximum Gasteiger partial charge on any atom is 0.328 e. The number of sulfonamides is 1. The van der Waals surface area contributed by atoms with Gasteiger partial charge in [-0.1, -0.05) is 6.92 Å². The van der Waals surface area contributed by atoms with Gasteiger partial charge in [0.25, 0.3) is 15.9 Å². The fourth-order valence-electron chi connectivity index (χ4n) is 5.16. The van der Waals surface area contributed by atoms with Crippen LogP contribution in [0.25, 0.3) is 0 Å². The molecule has 2 aliphatic heterocycles. The molecule has 0 aliphatic carbocycles. The largest absolute Gasteiger partial charge is 0.478 e. The topological polar surface area (TPSA) is 270 Å². The summed E-state index contributed by atoms with van der Waals surface area (Å²) >= 11 is 1.67. The summed E-state index contributed by atoms with van der Waals surface area (Å²) in [4.78, 5) is 46.5. The van der Waals surface area contributed by atoms with Crippen molar-refractivity contribution in [3.63, 3.8) is 0 Å². The van der Waals surface area contributed by atoms with Crippen molar-refractivity contribution in [1.82, 2.24) is 24.1 Å². The van der Waals surface area contributed by atoms with Gasteiger partial charge in [-0.15, -0.1) is 15.7 Å². The maximum atomic E-state index is 13.0. The molecule has 0 bridgehead atoms. The number of hydrogen-bond acceptors (Lipinski definition) is 18. The van der Waals surface area contributed by atoms with Gasteiger partial charge >= 0.3 is 17.9 Å². The number of rotatable bonds is 17. The van der Waals surface area contributed by atoms with Crippen LogP contribution in [0.2, 0.25) is 0 Å². The molecular weight excluding hydrogens is 805 g/mol. The zero-order chi connectivity index (χ0) is 41.0. The maximum absolute atomic E-state index is 13.0. The molecule has 3 atom stereocenters. The molecule has 308 valence electrons. The van der Waals surface area contributed by atoms with Gasteiger partial charge in [-0.25, -0.2) is 31.1 Å². The van der Waals surface area contributed by atoms with E-state index in [1.807, 2.05) is 37.3 Å². The second-order valence-corrected chi connectivity index (χ2v) is 19.5. The van der Waals surface area contributed by atoms with Gasteiger partial charge < -0.3 is 40.0 Å². The molecular formula is C32H48N6O13S4. The lowest BCUT2D eigenvalue weighted by Gasteiger charge is -2.27. The smallest absolute Gasteiger partial charge is 0.328 e. The molecule has 0 radical (unpaired) electrons. The minimum absolute atomic E-state index is 0.000569. The molecule has 23 heteroatoms. The highest BCUT2D eigenvalue weighted by molar-refractivity contribution is 7.95. The molecule has 1 saturated heterocycles. The quantitative estimate of drug-likeness (QED) is 0.112. The Hall–Kier alpha value is -3.74. The lowest BCUT2D eigenvalue weighted by molar-refractivity contribution is -0.150. The number of aromatic nitrogens is 2. The Kier molecular flexibility index (Phi) is 17.0. The van der Waals surface area contributed by atoms with Gasteiger partial charge in [0.15, 0.2) is 9.84 Å². The van der Waals surface area contributed by atoms with Crippen molar-refractivity contribution in [2.75, 3.05) is 50.9 Å². The number of thiophene rings is 1. The SMILES string of the molecule is CCN[C@H]1C[C@H](C)S(=O)(=O)c2sc(S(=O)(=O)NC(=O)CCCC(=O)O[C@@H](CNC(C)(C)C)COc3nsnc3N3CCOCC3)cc21.O=C(O)/C=C\C(=O)O. The van der Waals surface area contributed by atoms with E-state index in [4.69, 9.17) is 24.4 Å². The van der Waals surface area contributed by atoms with Crippen LogP contribution < -0.4 is 25.0 Å². The van der Waals surface area contributed by atoms with E-state index in [1.54, 1.807) is 6.92 Å². The van der Waals surface area contributed by atoms with E-state index in [-0.39, 0.29) is 45.9 Å². The molecule has 2 aliphatic rings. The number of nitrogens with zero attached hydrogens (tertiary/aromatic N) is 3. The molecule has 4 heterocycles. The summed E-state index contributed by atoms with van der Waals surface area (Å²) in [7, 11) is -8.01. The number of morpholine rings is 1. The molecule has 0 spiro atoms. The number of hydrogen-bond donors (Lipinski definition) is 5. The average Bonchev–Trinajstić information content (AvgIpc) is 3.77. The Bertz CT molecular complexity index is 1870. The Labute approximate surface area is 328 Å². The highest BCUT2D eigenvalue weighted by atomic mass is 32.3. The summed E-state index contributed by atoms with van der Waals surface area (Å²) in [5, 5.41) is 21.5. The fourth-order valence-corrected chi connectivity index (χ4v) is 10.7. The number of carboxylic acid groups (broad SMARTS) is 2. The number of sulfone groups is 1. The molecule has 4 rings (SSSR count). The average molecular weight is 853 g/mol. The molecule has 0 saturated carbocycles. The van der Waals surface area contributed by atoms with E-state index in [0.717, 1.165) is 11.7 Å². The molecule has 0 aromatic carbocycles. The van der Waals surface area contributed by atoms with Crippen molar-refractivity contribution in [2.24, 2.45) is 0 Å². The Balaban J connectivity index is 0.000000912. The van der Waals surface area contributed by atoms with E-state index in [2.05, 4.69) is 19.4 Å². The van der Waals surface area contributed by atoms with E-state index in [0.29, 0.717) is 86.6 Å². The lowest BCUT2D eigenvalue weighted by atomic mass is 10.1. The second-order valence-electron chi connectivity index (χ2n) is 13.4. The Morgan fingerprint density at radius 2 is 1.76 bits per heavy atom. The van der Waals surface area contributed by atoms with Gasteiger partial charge in [-0.05, 0) is 53.1 Å². The van der Waals surface area contributed by atoms with E-state index >= 15 is 0 Å². The molecule has 2 aromatic heterocycles. The van der Waals surface area contributed by atoms with Crippen LogP contribution in [0.3, 0.4) is 0 Å². The zero-order valence-electron chi connectivity index (χ0n) is 31.1. The van der Waals surface area contributed by atoms with Crippen molar-refractivity contribution < 1.29 is 60.4 Å². The van der Waals surface area contributed by atoms with Crippen LogP contribution >= 0.6 is 23.1 Å². The Morgan fingerprint density at radius 3 is 2.36 bits per heavy atom. The molecule has 5 N–H and O–H groups in total. The van der Waals surface area contributed by atoms with Gasteiger partial charge in [0.2, 0.25) is 11.7 Å². The van der Waals surface area contributed by atoms with Gasteiger partial charge in [-0.3, -0.25) is 9.59 Å². The summed E-state index contributed by atoms with van der Waals surface area (Å²) in [6.07, 6.45) is 0.398. The van der Waals surface area contributed by atoms with Crippen LogP contribution in [-0.2, 0) is 48.5 Å². The highest BCUT2D eigenvalue weighted by Crippen LogP contribution is 2.42. The fraction of sp³-hybridized carbons (Fsp3) is 0.625. The number of carbonyl (C=O) groups excluding carboxylic acids is 2. The minimum Gasteiger partial charge on any atom is -0.478 e. The van der Waals surface area contributed by atoms with Gasteiger partial charge in [0, 0.05) is 61.8 Å². The lowest BCUT2D eigenvalue weighted by Crippen LogP contribution is -2.44. The number of aliphatic carboxylic acids is 2. The van der Waals surface area contributed by atoms with Crippen molar-refractivity contribution in [3.8, 4) is 5.88 Å². The van der Waals surface area contributed by atoms with Gasteiger partial charge in [0.1, 0.15) is 21.1 Å². The molecule has 0 unspecified atom stereocenters. The Morgan fingerprint density at radius 1 is 1.11 bits per heavy atom. The van der Waals surface area contributed by atoms with Crippen LogP contribution in [-0.4, -0.2) is 123 Å². The summed E-state index contributed by atoms with van der Waals surface area (Å²) in [6.45, 7) is 12.8. The summed E-state index contributed by atoms with van der Waals surface area (Å²) in [6, 6.07) is 1.01. The normalized spacial score (nSPS) is 18.7. The number of amides is 1. The molecule has 55 heavy (non-hydrogen) atoms. The molecule has 2 aromatic rings. The molecule has 19 nitrogen and oxygen atoms in total. The monoisotopic (exact) mass is 852 g/mol. The van der Waals surface area contributed by atoms with Crippen LogP contribution in [0.4, 0.5) is 5.82 Å². The summed E-state index contributed by atoms with van der Waals surface area (Å²) in [5.41, 5.74) is 0.140. The third-order valence-electron chi connectivity index (χ3n) is 7.87. The number of anilines is 1. The third kappa shape index (κ3) is 14.4. The van der Waals surface area contributed by atoms with Crippen LogP contribution in [0.1, 0.15) is 71.9 Å². The predicted octanol–water partition coefficient (Wildman–Crippen LogP) is 1.72. The standard InChI is InChI=1S/C28H44N6O9S4.C4H4O4/c1-6-29-21-14-18(2)46(37,38)27-20(21)15-24(44-27)47(39,40)33-22(35)8-7-9-23(36)43-19(16-30-28(3,4)5)17-42-26-25(31-45-32-26)34-10-12-41-13-11-34;5-3(6)1-2-4(7)8/h15,18-19,21,29-30H,6-14,16-17H2,1-5H3,(H,33,35);1-2H,(H,5,6)(H,7,8)/b;2-1-/t18-,19-,21-;/m0./s1. The number of fused-ring (bicyclic) bond motifs is 1. The highest BCUT2D eigenvalue weighted by Gasteiger charge is 2.39. The predicted molar refractivity (Wildman–Crippen MR) is 202 cm³/mol. The first-order valence-corrected chi connectivity index (χ1v) is 21.8. The first kappa shape index (κ1) is 45.6. The first-order valence-electron chi connectivity index (χ1n) is 17.3. The van der Waals surface area contributed by atoms with Crippen molar-refractivity contribution in [3.05, 3.63) is 23.8 Å². The molecule has 1 amide bonds.